The monoisotopic (exact) mass is 486 g/mol. The molecule has 1 aliphatic heterocycles. The zero-order valence-corrected chi connectivity index (χ0v) is 18.3. The predicted octanol–water partition coefficient (Wildman–Crippen LogP) is 2.83. The molecule has 0 saturated carbocycles. The average Bonchev–Trinajstić information content (AvgIpc) is 2.79. The number of halogens is 3. The molecule has 1 heterocycles. The number of ether oxygens (including phenoxy) is 2. The quantitative estimate of drug-likeness (QED) is 0.630. The lowest BCUT2D eigenvalue weighted by Gasteiger charge is -2.26. The van der Waals surface area contributed by atoms with Crippen molar-refractivity contribution in [2.45, 2.75) is 18.0 Å². The summed E-state index contributed by atoms with van der Waals surface area (Å²) in [5, 5.41) is 2.46. The Morgan fingerprint density at radius 1 is 1.12 bits per heavy atom. The molecule has 0 aliphatic carbocycles. The fourth-order valence-corrected chi connectivity index (χ4v) is 4.49. The maximum Gasteiger partial charge on any atom is 0.416 e. The van der Waals surface area contributed by atoms with Gasteiger partial charge in [-0.05, 0) is 42.8 Å². The van der Waals surface area contributed by atoms with E-state index in [1.807, 2.05) is 0 Å². The van der Waals surface area contributed by atoms with Crippen LogP contribution < -0.4 is 5.32 Å². The van der Waals surface area contributed by atoms with Gasteiger partial charge in [0.1, 0.15) is 0 Å². The number of rotatable bonds is 6. The maximum absolute atomic E-state index is 12.8. The van der Waals surface area contributed by atoms with Gasteiger partial charge in [0.25, 0.3) is 5.91 Å². The highest BCUT2D eigenvalue weighted by Crippen LogP contribution is 2.29. The number of alkyl halides is 3. The summed E-state index contributed by atoms with van der Waals surface area (Å²) in [4.78, 5) is 24.3. The predicted molar refractivity (Wildman–Crippen MR) is 111 cm³/mol. The number of morpholine rings is 1. The Hall–Kier alpha value is -2.96. The Morgan fingerprint density at radius 3 is 2.48 bits per heavy atom. The van der Waals surface area contributed by atoms with Gasteiger partial charge < -0.3 is 14.8 Å². The van der Waals surface area contributed by atoms with Crippen molar-refractivity contribution in [1.29, 1.82) is 0 Å². The molecule has 0 radical (unpaired) electrons. The van der Waals surface area contributed by atoms with Gasteiger partial charge in [0.2, 0.25) is 10.0 Å². The zero-order valence-electron chi connectivity index (χ0n) is 17.5. The molecule has 1 amide bonds. The van der Waals surface area contributed by atoms with Crippen LogP contribution >= 0.6 is 0 Å². The summed E-state index contributed by atoms with van der Waals surface area (Å²) in [6.45, 7) is 1.87. The van der Waals surface area contributed by atoms with Crippen molar-refractivity contribution in [2.24, 2.45) is 0 Å². The molecule has 0 atom stereocenters. The van der Waals surface area contributed by atoms with E-state index in [0.29, 0.717) is 11.6 Å². The SMILES string of the molecule is Cc1ccc(S(=O)(=O)N2CCOCC2)cc1NC(=O)COC(=O)c1cccc(C(F)(F)F)c1. The van der Waals surface area contributed by atoms with Gasteiger partial charge in [0.15, 0.2) is 6.61 Å². The van der Waals surface area contributed by atoms with Crippen molar-refractivity contribution in [2.75, 3.05) is 38.2 Å². The number of benzene rings is 2. The molecule has 12 heteroatoms. The normalized spacial score (nSPS) is 15.2. The van der Waals surface area contributed by atoms with E-state index < -0.39 is 40.2 Å². The molecule has 178 valence electrons. The summed E-state index contributed by atoms with van der Waals surface area (Å²) in [5.41, 5.74) is -0.610. The van der Waals surface area contributed by atoms with Crippen molar-refractivity contribution in [1.82, 2.24) is 4.31 Å². The van der Waals surface area contributed by atoms with Gasteiger partial charge >= 0.3 is 12.1 Å². The lowest BCUT2D eigenvalue weighted by atomic mass is 10.1. The number of anilines is 1. The first-order chi connectivity index (χ1) is 15.5. The van der Waals surface area contributed by atoms with Gasteiger partial charge in [-0.1, -0.05) is 12.1 Å². The van der Waals surface area contributed by atoms with Crippen molar-refractivity contribution >= 4 is 27.6 Å². The third-order valence-corrected chi connectivity index (χ3v) is 6.75. The maximum atomic E-state index is 12.8. The van der Waals surface area contributed by atoms with Gasteiger partial charge in [0, 0.05) is 18.8 Å². The second-order valence-electron chi connectivity index (χ2n) is 7.20. The van der Waals surface area contributed by atoms with E-state index in [4.69, 9.17) is 9.47 Å². The summed E-state index contributed by atoms with van der Waals surface area (Å²) >= 11 is 0. The molecule has 33 heavy (non-hydrogen) atoms. The van der Waals surface area contributed by atoms with Crippen LogP contribution in [0.1, 0.15) is 21.5 Å². The fourth-order valence-electron chi connectivity index (χ4n) is 3.06. The Labute approximate surface area is 188 Å². The fraction of sp³-hybridized carbons (Fsp3) is 0.333. The second-order valence-corrected chi connectivity index (χ2v) is 9.13. The van der Waals surface area contributed by atoms with E-state index in [2.05, 4.69) is 5.32 Å². The van der Waals surface area contributed by atoms with Crippen molar-refractivity contribution < 1.29 is 40.7 Å². The Kier molecular flexibility index (Phi) is 7.40. The number of aryl methyl sites for hydroxylation is 1. The smallest absolute Gasteiger partial charge is 0.416 e. The molecule has 1 fully saturated rings. The van der Waals surface area contributed by atoms with Crippen LogP contribution in [0.2, 0.25) is 0 Å². The summed E-state index contributed by atoms with van der Waals surface area (Å²) in [5.74, 6) is -1.88. The van der Waals surface area contributed by atoms with Crippen LogP contribution in [-0.4, -0.2) is 57.5 Å². The van der Waals surface area contributed by atoms with E-state index in [1.54, 1.807) is 6.92 Å². The first-order valence-corrected chi connectivity index (χ1v) is 11.3. The van der Waals surface area contributed by atoms with E-state index >= 15 is 0 Å². The molecule has 3 rings (SSSR count). The minimum absolute atomic E-state index is 0.0220. The van der Waals surface area contributed by atoms with Crippen LogP contribution in [0.25, 0.3) is 0 Å². The highest BCUT2D eigenvalue weighted by atomic mass is 32.2. The minimum Gasteiger partial charge on any atom is -0.452 e. The number of carbonyl (C=O) groups excluding carboxylic acids is 2. The number of nitrogens with zero attached hydrogens (tertiary/aromatic N) is 1. The Balaban J connectivity index is 1.66. The van der Waals surface area contributed by atoms with Crippen molar-refractivity contribution in [3.63, 3.8) is 0 Å². The first-order valence-electron chi connectivity index (χ1n) is 9.81. The third kappa shape index (κ3) is 6.09. The first kappa shape index (κ1) is 24.7. The number of nitrogens with one attached hydrogen (secondary N) is 1. The van der Waals surface area contributed by atoms with Crippen LogP contribution in [0.4, 0.5) is 18.9 Å². The van der Waals surface area contributed by atoms with E-state index in [-0.39, 0.29) is 42.4 Å². The molecule has 0 spiro atoms. The molecule has 8 nitrogen and oxygen atoms in total. The van der Waals surface area contributed by atoms with E-state index in [1.165, 1.54) is 22.5 Å². The highest BCUT2D eigenvalue weighted by Gasteiger charge is 2.31. The van der Waals surface area contributed by atoms with Crippen LogP contribution in [0.15, 0.2) is 47.4 Å². The summed E-state index contributed by atoms with van der Waals surface area (Å²) in [6, 6.07) is 7.88. The molecule has 2 aromatic rings. The average molecular weight is 486 g/mol. The Bertz CT molecular complexity index is 1140. The number of hydrogen-bond donors (Lipinski definition) is 1. The zero-order chi connectivity index (χ0) is 24.2. The van der Waals surface area contributed by atoms with Crippen LogP contribution in [0.3, 0.4) is 0 Å². The standard InChI is InChI=1S/C21H21F3N2O6S/c1-14-5-6-17(33(29,30)26-7-9-31-10-8-26)12-18(14)25-19(27)13-32-20(28)15-3-2-4-16(11-15)21(22,23)24/h2-6,11-12H,7-10,13H2,1H3,(H,25,27). The lowest BCUT2D eigenvalue weighted by molar-refractivity contribution is -0.137. The van der Waals surface area contributed by atoms with Gasteiger partial charge in [0.05, 0.1) is 29.2 Å². The van der Waals surface area contributed by atoms with Gasteiger partial charge in [-0.15, -0.1) is 0 Å². The number of hydrogen-bond acceptors (Lipinski definition) is 6. The molecular formula is C21H21F3N2O6S. The number of amides is 1. The number of sulfonamides is 1. The van der Waals surface area contributed by atoms with Crippen molar-refractivity contribution in [3.05, 3.63) is 59.2 Å². The lowest BCUT2D eigenvalue weighted by Crippen LogP contribution is -2.40. The van der Waals surface area contributed by atoms with E-state index in [9.17, 15) is 31.2 Å². The largest absolute Gasteiger partial charge is 0.452 e. The van der Waals surface area contributed by atoms with E-state index in [0.717, 1.165) is 18.2 Å². The van der Waals surface area contributed by atoms with Gasteiger partial charge in [-0.3, -0.25) is 4.79 Å². The molecule has 1 aliphatic rings. The van der Waals surface area contributed by atoms with Gasteiger partial charge in [-0.2, -0.15) is 17.5 Å². The third-order valence-electron chi connectivity index (χ3n) is 4.85. The molecule has 0 unspecified atom stereocenters. The van der Waals surface area contributed by atoms with Crippen LogP contribution in [0, 0.1) is 6.92 Å². The molecule has 0 bridgehead atoms. The molecule has 2 aromatic carbocycles. The molecular weight excluding hydrogens is 465 g/mol. The molecule has 0 aromatic heterocycles. The van der Waals surface area contributed by atoms with Crippen LogP contribution in [-0.2, 0) is 30.5 Å². The summed E-state index contributed by atoms with van der Waals surface area (Å²) < 4.78 is 75.3. The number of carbonyl (C=O) groups is 2. The van der Waals surface area contributed by atoms with Crippen molar-refractivity contribution in [3.8, 4) is 0 Å². The number of esters is 1. The minimum atomic E-state index is -4.63. The summed E-state index contributed by atoms with van der Waals surface area (Å²) in [7, 11) is -3.79. The highest BCUT2D eigenvalue weighted by molar-refractivity contribution is 7.89. The Morgan fingerprint density at radius 2 is 1.82 bits per heavy atom. The topological polar surface area (TPSA) is 102 Å². The second kappa shape index (κ2) is 9.89. The van der Waals surface area contributed by atoms with Crippen LogP contribution in [0.5, 0.6) is 0 Å². The molecule has 1 N–H and O–H groups in total. The van der Waals surface area contributed by atoms with Gasteiger partial charge in [-0.25, -0.2) is 13.2 Å². The summed E-state index contributed by atoms with van der Waals surface area (Å²) in [6.07, 6.45) is -4.63. The molecule has 1 saturated heterocycles.